The molecule has 1 saturated heterocycles. The first-order valence-electron chi connectivity index (χ1n) is 8.57. The highest BCUT2D eigenvalue weighted by molar-refractivity contribution is 5.75. The molecule has 118 valence electrons. The van der Waals surface area contributed by atoms with Gasteiger partial charge in [-0.1, -0.05) is 26.0 Å². The van der Waals surface area contributed by atoms with Gasteiger partial charge in [0.15, 0.2) is 0 Å². The Balaban J connectivity index is 1.47. The van der Waals surface area contributed by atoms with Gasteiger partial charge in [-0.3, -0.25) is 4.57 Å². The molecule has 1 aromatic carbocycles. The lowest BCUT2D eigenvalue weighted by Crippen LogP contribution is -2.38. The first-order valence-corrected chi connectivity index (χ1v) is 8.57. The Bertz CT molecular complexity index is 715. The molecule has 0 unspecified atom stereocenters. The minimum Gasteiger partial charge on any atom is -0.306 e. The van der Waals surface area contributed by atoms with Gasteiger partial charge in [-0.25, -0.2) is 4.79 Å². The van der Waals surface area contributed by atoms with Gasteiger partial charge in [-0.2, -0.15) is 0 Å². The van der Waals surface area contributed by atoms with E-state index in [-0.39, 0.29) is 5.69 Å². The summed E-state index contributed by atoms with van der Waals surface area (Å²) < 4.78 is 1.98. The molecule has 2 fully saturated rings. The summed E-state index contributed by atoms with van der Waals surface area (Å²) in [5.74, 6) is 2.69. The number of piperidine rings is 1. The van der Waals surface area contributed by atoms with Crippen molar-refractivity contribution < 1.29 is 0 Å². The number of nitrogens with one attached hydrogen (secondary N) is 1. The maximum Gasteiger partial charge on any atom is 0.326 e. The molecule has 4 nitrogen and oxygen atoms in total. The van der Waals surface area contributed by atoms with Gasteiger partial charge in [0.1, 0.15) is 0 Å². The minimum absolute atomic E-state index is 0.0455. The van der Waals surface area contributed by atoms with Crippen molar-refractivity contribution in [1.29, 1.82) is 0 Å². The van der Waals surface area contributed by atoms with Crippen molar-refractivity contribution in [2.24, 2.45) is 17.8 Å². The zero-order valence-electron chi connectivity index (χ0n) is 13.5. The van der Waals surface area contributed by atoms with E-state index in [1.165, 1.54) is 6.54 Å². The van der Waals surface area contributed by atoms with Gasteiger partial charge >= 0.3 is 5.69 Å². The molecule has 2 heterocycles. The number of aromatic nitrogens is 2. The number of aromatic amines is 1. The van der Waals surface area contributed by atoms with E-state index >= 15 is 0 Å². The van der Waals surface area contributed by atoms with E-state index in [2.05, 4.69) is 23.7 Å². The molecular formula is C18H25N3O. The predicted molar refractivity (Wildman–Crippen MR) is 89.1 cm³/mol. The summed E-state index contributed by atoms with van der Waals surface area (Å²) in [6.45, 7) is 8.22. The second-order valence-electron chi connectivity index (χ2n) is 7.23. The highest BCUT2D eigenvalue weighted by Gasteiger charge is 2.43. The largest absolute Gasteiger partial charge is 0.326 e. The molecule has 0 amide bonds. The SMILES string of the molecule is C[C@@H]1C(CN2CCC(n3c(=O)[nH]c4ccccc43)CC2)[C@H]1C. The van der Waals surface area contributed by atoms with Crippen LogP contribution in [0.1, 0.15) is 32.7 Å². The smallest absolute Gasteiger partial charge is 0.306 e. The number of likely N-dealkylation sites (tertiary alicyclic amines) is 1. The summed E-state index contributed by atoms with van der Waals surface area (Å²) in [5, 5.41) is 0. The van der Waals surface area contributed by atoms with Crippen LogP contribution in [-0.2, 0) is 0 Å². The second kappa shape index (κ2) is 5.27. The average Bonchev–Trinajstić information content (AvgIpc) is 2.95. The van der Waals surface area contributed by atoms with Crippen LogP contribution in [0.4, 0.5) is 0 Å². The first kappa shape index (κ1) is 14.1. The third-order valence-corrected chi connectivity index (χ3v) is 6.05. The molecule has 1 aromatic heterocycles. The molecule has 4 heteroatoms. The van der Waals surface area contributed by atoms with Crippen LogP contribution < -0.4 is 5.69 Å². The van der Waals surface area contributed by atoms with Crippen molar-refractivity contribution in [2.75, 3.05) is 19.6 Å². The van der Waals surface area contributed by atoms with Crippen LogP contribution in [0.5, 0.6) is 0 Å². The number of para-hydroxylation sites is 2. The number of benzene rings is 1. The van der Waals surface area contributed by atoms with E-state index < -0.39 is 0 Å². The molecule has 1 N–H and O–H groups in total. The lowest BCUT2D eigenvalue weighted by atomic mass is 10.0. The zero-order chi connectivity index (χ0) is 15.3. The van der Waals surface area contributed by atoms with E-state index in [0.717, 1.165) is 54.7 Å². The summed E-state index contributed by atoms with van der Waals surface area (Å²) in [6, 6.07) is 8.36. The fourth-order valence-corrected chi connectivity index (χ4v) is 4.19. The molecule has 0 radical (unpaired) electrons. The average molecular weight is 299 g/mol. The topological polar surface area (TPSA) is 41.0 Å². The minimum atomic E-state index is 0.0455. The Kier molecular flexibility index (Phi) is 3.37. The number of imidazole rings is 1. The molecule has 2 atom stereocenters. The zero-order valence-corrected chi connectivity index (χ0v) is 13.5. The number of rotatable bonds is 3. The molecule has 0 spiro atoms. The van der Waals surface area contributed by atoms with Crippen LogP contribution in [0.2, 0.25) is 0 Å². The van der Waals surface area contributed by atoms with Crippen LogP contribution in [0.25, 0.3) is 11.0 Å². The Morgan fingerprint density at radius 1 is 1.14 bits per heavy atom. The van der Waals surface area contributed by atoms with Crippen molar-refractivity contribution in [3.8, 4) is 0 Å². The van der Waals surface area contributed by atoms with E-state index in [1.54, 1.807) is 0 Å². The number of nitrogens with zero attached hydrogens (tertiary/aromatic N) is 2. The number of fused-ring (bicyclic) bond motifs is 1. The van der Waals surface area contributed by atoms with Crippen molar-refractivity contribution in [2.45, 2.75) is 32.7 Å². The molecule has 4 rings (SSSR count). The van der Waals surface area contributed by atoms with Crippen LogP contribution in [-0.4, -0.2) is 34.1 Å². The first-order chi connectivity index (χ1) is 10.6. The van der Waals surface area contributed by atoms with E-state index in [0.29, 0.717) is 6.04 Å². The van der Waals surface area contributed by atoms with Gasteiger partial charge in [-0.05, 0) is 42.7 Å². The fourth-order valence-electron chi connectivity index (χ4n) is 4.19. The Morgan fingerprint density at radius 2 is 1.82 bits per heavy atom. The Labute approximate surface area is 131 Å². The number of H-pyrrole nitrogens is 1. The van der Waals surface area contributed by atoms with Gasteiger partial charge in [0.2, 0.25) is 0 Å². The maximum absolute atomic E-state index is 12.3. The monoisotopic (exact) mass is 299 g/mol. The van der Waals surface area contributed by atoms with Gasteiger partial charge in [0, 0.05) is 25.7 Å². The quantitative estimate of drug-likeness (QED) is 0.947. The summed E-state index contributed by atoms with van der Waals surface area (Å²) in [4.78, 5) is 17.9. The molecule has 1 aliphatic heterocycles. The third kappa shape index (κ3) is 2.30. The van der Waals surface area contributed by atoms with Crippen LogP contribution in [0.3, 0.4) is 0 Å². The van der Waals surface area contributed by atoms with Crippen molar-refractivity contribution in [1.82, 2.24) is 14.5 Å². The highest BCUT2D eigenvalue weighted by Crippen LogP contribution is 2.46. The van der Waals surface area contributed by atoms with Gasteiger partial charge in [-0.15, -0.1) is 0 Å². The molecule has 22 heavy (non-hydrogen) atoms. The predicted octanol–water partition coefficient (Wildman–Crippen LogP) is 2.87. The molecule has 0 bridgehead atoms. The highest BCUT2D eigenvalue weighted by atomic mass is 16.1. The third-order valence-electron chi connectivity index (χ3n) is 6.05. The summed E-state index contributed by atoms with van der Waals surface area (Å²) in [6.07, 6.45) is 2.16. The summed E-state index contributed by atoms with van der Waals surface area (Å²) >= 11 is 0. The second-order valence-corrected chi connectivity index (χ2v) is 7.23. The lowest BCUT2D eigenvalue weighted by Gasteiger charge is -2.32. The van der Waals surface area contributed by atoms with Crippen LogP contribution in [0.15, 0.2) is 29.1 Å². The van der Waals surface area contributed by atoms with E-state index in [4.69, 9.17) is 0 Å². The van der Waals surface area contributed by atoms with Gasteiger partial charge in [0.25, 0.3) is 0 Å². The molecule has 2 aromatic rings. The Morgan fingerprint density at radius 3 is 2.50 bits per heavy atom. The van der Waals surface area contributed by atoms with Crippen LogP contribution >= 0.6 is 0 Å². The molecular weight excluding hydrogens is 274 g/mol. The maximum atomic E-state index is 12.3. The normalized spacial score (nSPS) is 30.0. The van der Waals surface area contributed by atoms with Crippen LogP contribution in [0, 0.1) is 17.8 Å². The lowest BCUT2D eigenvalue weighted by molar-refractivity contribution is 0.177. The van der Waals surface area contributed by atoms with Crippen molar-refractivity contribution >= 4 is 11.0 Å². The van der Waals surface area contributed by atoms with Gasteiger partial charge in [0.05, 0.1) is 11.0 Å². The van der Waals surface area contributed by atoms with E-state index in [1.807, 2.05) is 28.8 Å². The number of hydrogen-bond donors (Lipinski definition) is 1. The van der Waals surface area contributed by atoms with Crippen molar-refractivity contribution in [3.63, 3.8) is 0 Å². The molecule has 1 aliphatic carbocycles. The standard InChI is InChI=1S/C18H25N3O/c1-12-13(2)15(12)11-20-9-7-14(8-10-20)21-17-6-4-3-5-16(17)19-18(21)22/h3-6,12-15H,7-11H2,1-2H3,(H,19,22)/t12-,13-/m0/s1. The van der Waals surface area contributed by atoms with E-state index in [9.17, 15) is 4.79 Å². The molecule has 2 aliphatic rings. The summed E-state index contributed by atoms with van der Waals surface area (Å²) in [5.41, 5.74) is 2.05. The van der Waals surface area contributed by atoms with Crippen molar-refractivity contribution in [3.05, 3.63) is 34.7 Å². The number of hydrogen-bond acceptors (Lipinski definition) is 2. The summed E-state index contributed by atoms with van der Waals surface area (Å²) in [7, 11) is 0. The fraction of sp³-hybridized carbons (Fsp3) is 0.611. The Hall–Kier alpha value is -1.55. The molecule has 1 saturated carbocycles. The van der Waals surface area contributed by atoms with Gasteiger partial charge < -0.3 is 9.88 Å².